The van der Waals surface area contributed by atoms with Gasteiger partial charge in [-0.05, 0) is 13.3 Å². The minimum Gasteiger partial charge on any atom is -0.346 e. The van der Waals surface area contributed by atoms with Crippen LogP contribution in [0.15, 0.2) is 12.4 Å². The Morgan fingerprint density at radius 1 is 1.79 bits per heavy atom. The van der Waals surface area contributed by atoms with E-state index in [4.69, 9.17) is 11.6 Å². The number of rotatable bonds is 4. The van der Waals surface area contributed by atoms with Gasteiger partial charge in [0.25, 0.3) is 5.91 Å². The number of carbonyl (C=O) groups excluding carboxylic acids is 1. The van der Waals surface area contributed by atoms with Crippen molar-refractivity contribution < 1.29 is 4.79 Å². The number of H-pyrrole nitrogens is 1. The van der Waals surface area contributed by atoms with Crippen molar-refractivity contribution in [1.29, 1.82) is 0 Å². The lowest BCUT2D eigenvalue weighted by molar-refractivity contribution is 0.0912. The molecule has 78 valence electrons. The molecule has 0 fully saturated rings. The second-order valence-corrected chi connectivity index (χ2v) is 3.76. The van der Waals surface area contributed by atoms with Gasteiger partial charge in [-0.25, -0.2) is 0 Å². The molecular formula is C9H14ClN3O. The van der Waals surface area contributed by atoms with Gasteiger partial charge in [0.2, 0.25) is 0 Å². The quantitative estimate of drug-likeness (QED) is 0.749. The van der Waals surface area contributed by atoms with Crippen molar-refractivity contribution in [3.05, 3.63) is 18.0 Å². The maximum absolute atomic E-state index is 11.6. The van der Waals surface area contributed by atoms with E-state index in [-0.39, 0.29) is 11.4 Å². The lowest BCUT2D eigenvalue weighted by Crippen LogP contribution is -2.46. The Balaban J connectivity index is 2.65. The van der Waals surface area contributed by atoms with Crippen LogP contribution in [0.25, 0.3) is 0 Å². The number of amides is 1. The zero-order valence-corrected chi connectivity index (χ0v) is 9.06. The second-order valence-electron chi connectivity index (χ2n) is 3.49. The van der Waals surface area contributed by atoms with Crippen molar-refractivity contribution in [2.45, 2.75) is 25.8 Å². The first kappa shape index (κ1) is 11.0. The zero-order valence-electron chi connectivity index (χ0n) is 8.30. The number of nitrogens with one attached hydrogen (secondary N) is 2. The highest BCUT2D eigenvalue weighted by molar-refractivity contribution is 6.18. The number of hydrogen-bond acceptors (Lipinski definition) is 2. The summed E-state index contributed by atoms with van der Waals surface area (Å²) >= 11 is 5.78. The molecule has 1 aromatic rings. The van der Waals surface area contributed by atoms with E-state index in [0.29, 0.717) is 11.4 Å². The van der Waals surface area contributed by atoms with Gasteiger partial charge in [-0.15, -0.1) is 11.6 Å². The summed E-state index contributed by atoms with van der Waals surface area (Å²) in [7, 11) is 0. The molecule has 0 aliphatic heterocycles. The first-order chi connectivity index (χ1) is 6.61. The topological polar surface area (TPSA) is 57.8 Å². The molecular weight excluding hydrogens is 202 g/mol. The summed E-state index contributed by atoms with van der Waals surface area (Å²) in [5, 5.41) is 9.16. The summed E-state index contributed by atoms with van der Waals surface area (Å²) in [5.41, 5.74) is 0.172. The Morgan fingerprint density at radius 3 is 2.93 bits per heavy atom. The van der Waals surface area contributed by atoms with Gasteiger partial charge in [0.15, 0.2) is 0 Å². The van der Waals surface area contributed by atoms with Crippen molar-refractivity contribution in [1.82, 2.24) is 15.5 Å². The third-order valence-electron chi connectivity index (χ3n) is 2.25. The first-order valence-corrected chi connectivity index (χ1v) is 5.02. The Morgan fingerprint density at radius 2 is 2.50 bits per heavy atom. The van der Waals surface area contributed by atoms with Crippen molar-refractivity contribution in [3.63, 3.8) is 0 Å². The van der Waals surface area contributed by atoms with E-state index in [1.54, 1.807) is 6.20 Å². The average Bonchev–Trinajstić information content (AvgIpc) is 2.70. The molecule has 1 unspecified atom stereocenters. The molecule has 0 bridgehead atoms. The summed E-state index contributed by atoms with van der Waals surface area (Å²) in [5.74, 6) is 0.247. The molecule has 0 saturated heterocycles. The Hall–Kier alpha value is -1.03. The van der Waals surface area contributed by atoms with Crippen molar-refractivity contribution in [2.24, 2.45) is 0 Å². The van der Waals surface area contributed by atoms with Gasteiger partial charge < -0.3 is 5.32 Å². The van der Waals surface area contributed by atoms with E-state index in [2.05, 4.69) is 15.5 Å². The molecule has 1 aromatic heterocycles. The molecule has 0 saturated carbocycles. The van der Waals surface area contributed by atoms with Gasteiger partial charge in [-0.2, -0.15) is 5.10 Å². The molecule has 2 N–H and O–H groups in total. The van der Waals surface area contributed by atoms with E-state index in [1.165, 1.54) is 6.20 Å². The second kappa shape index (κ2) is 4.46. The molecule has 0 radical (unpaired) electrons. The number of alkyl halides is 1. The molecule has 1 amide bonds. The van der Waals surface area contributed by atoms with Gasteiger partial charge in [-0.3, -0.25) is 9.89 Å². The SMILES string of the molecule is CCC(C)(CCl)NC(=O)c1cn[nH]c1. The fraction of sp³-hybridized carbons (Fsp3) is 0.556. The molecule has 1 heterocycles. The fourth-order valence-corrected chi connectivity index (χ4v) is 1.19. The molecule has 0 aromatic carbocycles. The standard InChI is InChI=1S/C9H14ClN3O/c1-3-9(2,6-10)13-8(14)7-4-11-12-5-7/h4-5H,3,6H2,1-2H3,(H,11,12)(H,13,14). The van der Waals surface area contributed by atoms with Crippen LogP contribution in [-0.2, 0) is 0 Å². The van der Waals surface area contributed by atoms with E-state index in [1.807, 2.05) is 13.8 Å². The van der Waals surface area contributed by atoms with Crippen LogP contribution < -0.4 is 5.32 Å². The van der Waals surface area contributed by atoms with E-state index >= 15 is 0 Å². The van der Waals surface area contributed by atoms with Crippen molar-refractivity contribution in [2.75, 3.05) is 5.88 Å². The third-order valence-corrected chi connectivity index (χ3v) is 2.84. The predicted molar refractivity (Wildman–Crippen MR) is 55.5 cm³/mol. The number of aromatic nitrogens is 2. The fourth-order valence-electron chi connectivity index (χ4n) is 0.938. The van der Waals surface area contributed by atoms with Crippen LogP contribution in [0.2, 0.25) is 0 Å². The van der Waals surface area contributed by atoms with Crippen LogP contribution in [0, 0.1) is 0 Å². The molecule has 0 aliphatic carbocycles. The minimum atomic E-state index is -0.351. The minimum absolute atomic E-state index is 0.149. The summed E-state index contributed by atoms with van der Waals surface area (Å²) in [6, 6.07) is 0. The van der Waals surface area contributed by atoms with Crippen LogP contribution >= 0.6 is 11.6 Å². The summed E-state index contributed by atoms with van der Waals surface area (Å²) < 4.78 is 0. The summed E-state index contributed by atoms with van der Waals surface area (Å²) in [6.07, 6.45) is 3.83. The van der Waals surface area contributed by atoms with E-state index < -0.39 is 0 Å². The van der Waals surface area contributed by atoms with Gasteiger partial charge >= 0.3 is 0 Å². The summed E-state index contributed by atoms with van der Waals surface area (Å²) in [6.45, 7) is 3.90. The van der Waals surface area contributed by atoms with Crippen LogP contribution in [0.3, 0.4) is 0 Å². The van der Waals surface area contributed by atoms with E-state index in [0.717, 1.165) is 6.42 Å². The molecule has 1 atom stereocenters. The highest BCUT2D eigenvalue weighted by Crippen LogP contribution is 2.12. The first-order valence-electron chi connectivity index (χ1n) is 4.48. The number of hydrogen-bond donors (Lipinski definition) is 2. The Kier molecular flexibility index (Phi) is 3.52. The normalized spacial score (nSPS) is 14.8. The molecule has 14 heavy (non-hydrogen) atoms. The van der Waals surface area contributed by atoms with Crippen LogP contribution in [-0.4, -0.2) is 27.5 Å². The van der Waals surface area contributed by atoms with Crippen LogP contribution in [0.1, 0.15) is 30.6 Å². The number of halogens is 1. The Labute approximate surface area is 88.0 Å². The van der Waals surface area contributed by atoms with Crippen molar-refractivity contribution in [3.8, 4) is 0 Å². The predicted octanol–water partition coefficient (Wildman–Crippen LogP) is 1.55. The number of aromatic amines is 1. The molecule has 5 heteroatoms. The number of carbonyl (C=O) groups is 1. The van der Waals surface area contributed by atoms with Gasteiger partial charge in [0.05, 0.1) is 17.3 Å². The lowest BCUT2D eigenvalue weighted by atomic mass is 10.0. The highest BCUT2D eigenvalue weighted by Gasteiger charge is 2.23. The lowest BCUT2D eigenvalue weighted by Gasteiger charge is -2.26. The van der Waals surface area contributed by atoms with Crippen LogP contribution in [0.5, 0.6) is 0 Å². The molecule has 0 aliphatic rings. The van der Waals surface area contributed by atoms with Gasteiger partial charge in [0, 0.05) is 12.1 Å². The smallest absolute Gasteiger partial charge is 0.254 e. The molecule has 1 rings (SSSR count). The molecule has 0 spiro atoms. The van der Waals surface area contributed by atoms with E-state index in [9.17, 15) is 4.79 Å². The van der Waals surface area contributed by atoms with Crippen molar-refractivity contribution >= 4 is 17.5 Å². The van der Waals surface area contributed by atoms with Gasteiger partial charge in [0.1, 0.15) is 0 Å². The maximum Gasteiger partial charge on any atom is 0.254 e. The van der Waals surface area contributed by atoms with Crippen LogP contribution in [0.4, 0.5) is 0 Å². The highest BCUT2D eigenvalue weighted by atomic mass is 35.5. The van der Waals surface area contributed by atoms with Gasteiger partial charge in [-0.1, -0.05) is 6.92 Å². The zero-order chi connectivity index (χ0) is 10.6. The monoisotopic (exact) mass is 215 g/mol. The molecule has 4 nitrogen and oxygen atoms in total. The number of nitrogens with zero attached hydrogens (tertiary/aromatic N) is 1. The summed E-state index contributed by atoms with van der Waals surface area (Å²) in [4.78, 5) is 11.6. The largest absolute Gasteiger partial charge is 0.346 e. The maximum atomic E-state index is 11.6. The Bertz CT molecular complexity index is 293. The third kappa shape index (κ3) is 2.48. The average molecular weight is 216 g/mol.